The SMILES string of the molecule is COC(=O)CC1CNCCN(C)C1. The molecule has 13 heavy (non-hydrogen) atoms. The van der Waals surface area contributed by atoms with E-state index in [1.54, 1.807) is 0 Å². The molecule has 1 saturated heterocycles. The second kappa shape index (κ2) is 5.19. The van der Waals surface area contributed by atoms with Gasteiger partial charge < -0.3 is 15.0 Å². The minimum absolute atomic E-state index is 0.109. The normalized spacial score (nSPS) is 25.2. The summed E-state index contributed by atoms with van der Waals surface area (Å²) in [6.45, 7) is 3.95. The summed E-state index contributed by atoms with van der Waals surface area (Å²) in [7, 11) is 3.52. The van der Waals surface area contributed by atoms with E-state index in [1.165, 1.54) is 7.11 Å². The van der Waals surface area contributed by atoms with Crippen LogP contribution in [0.1, 0.15) is 6.42 Å². The molecule has 1 aliphatic heterocycles. The number of carbonyl (C=O) groups is 1. The first-order valence-corrected chi connectivity index (χ1v) is 4.68. The molecule has 0 aromatic rings. The van der Waals surface area contributed by atoms with E-state index >= 15 is 0 Å². The highest BCUT2D eigenvalue weighted by molar-refractivity contribution is 5.69. The third-order valence-corrected chi connectivity index (χ3v) is 2.36. The summed E-state index contributed by atoms with van der Waals surface area (Å²) in [4.78, 5) is 13.3. The van der Waals surface area contributed by atoms with Crippen LogP contribution in [0.2, 0.25) is 0 Å². The highest BCUT2D eigenvalue weighted by atomic mass is 16.5. The van der Waals surface area contributed by atoms with E-state index in [1.807, 2.05) is 0 Å². The molecule has 0 bridgehead atoms. The smallest absolute Gasteiger partial charge is 0.305 e. The number of likely N-dealkylation sites (N-methyl/N-ethyl adjacent to an activating group) is 1. The lowest BCUT2D eigenvalue weighted by Crippen LogP contribution is -2.27. The average molecular weight is 186 g/mol. The van der Waals surface area contributed by atoms with Crippen molar-refractivity contribution in [3.63, 3.8) is 0 Å². The van der Waals surface area contributed by atoms with Crippen molar-refractivity contribution in [2.24, 2.45) is 5.92 Å². The quantitative estimate of drug-likeness (QED) is 0.601. The molecule has 1 unspecified atom stereocenters. The molecule has 1 aliphatic rings. The fourth-order valence-corrected chi connectivity index (χ4v) is 1.63. The molecular formula is C9H18N2O2. The number of nitrogens with one attached hydrogen (secondary N) is 1. The van der Waals surface area contributed by atoms with Crippen molar-refractivity contribution >= 4 is 5.97 Å². The molecule has 0 radical (unpaired) electrons. The zero-order valence-corrected chi connectivity index (χ0v) is 8.38. The van der Waals surface area contributed by atoms with E-state index in [0.29, 0.717) is 12.3 Å². The highest BCUT2D eigenvalue weighted by Gasteiger charge is 2.18. The van der Waals surface area contributed by atoms with Gasteiger partial charge in [-0.25, -0.2) is 0 Å². The standard InChI is InChI=1S/C9H18N2O2/c1-11-4-3-10-6-8(7-11)5-9(12)13-2/h8,10H,3-7H2,1-2H3. The topological polar surface area (TPSA) is 41.6 Å². The van der Waals surface area contributed by atoms with Gasteiger partial charge in [0.2, 0.25) is 0 Å². The van der Waals surface area contributed by atoms with E-state index in [4.69, 9.17) is 0 Å². The maximum atomic E-state index is 11.0. The Morgan fingerprint density at radius 1 is 1.69 bits per heavy atom. The Morgan fingerprint density at radius 3 is 3.15 bits per heavy atom. The highest BCUT2D eigenvalue weighted by Crippen LogP contribution is 2.07. The number of methoxy groups -OCH3 is 1. The summed E-state index contributed by atoms with van der Waals surface area (Å²) in [6, 6.07) is 0. The molecular weight excluding hydrogens is 168 g/mol. The lowest BCUT2D eigenvalue weighted by molar-refractivity contribution is -0.141. The van der Waals surface area contributed by atoms with Gasteiger partial charge in [-0.1, -0.05) is 0 Å². The third-order valence-electron chi connectivity index (χ3n) is 2.36. The van der Waals surface area contributed by atoms with Crippen molar-refractivity contribution in [3.05, 3.63) is 0 Å². The minimum Gasteiger partial charge on any atom is -0.469 e. The molecule has 4 heteroatoms. The fraction of sp³-hybridized carbons (Fsp3) is 0.889. The van der Waals surface area contributed by atoms with Crippen LogP contribution in [0.4, 0.5) is 0 Å². The van der Waals surface area contributed by atoms with Gasteiger partial charge in [-0.3, -0.25) is 4.79 Å². The average Bonchev–Trinajstić information content (AvgIpc) is 2.30. The predicted octanol–water partition coefficient (Wildman–Crippen LogP) is -0.299. The molecule has 1 fully saturated rings. The summed E-state index contributed by atoms with van der Waals surface area (Å²) in [5, 5.41) is 3.31. The number of ether oxygens (including phenoxy) is 1. The first-order valence-electron chi connectivity index (χ1n) is 4.68. The number of hydrogen-bond acceptors (Lipinski definition) is 4. The van der Waals surface area contributed by atoms with Crippen LogP contribution in [0.15, 0.2) is 0 Å². The molecule has 1 atom stereocenters. The van der Waals surface area contributed by atoms with Gasteiger partial charge in [0.1, 0.15) is 0 Å². The predicted molar refractivity (Wildman–Crippen MR) is 50.5 cm³/mol. The third kappa shape index (κ3) is 3.74. The molecule has 76 valence electrons. The van der Waals surface area contributed by atoms with E-state index in [2.05, 4.69) is 22.0 Å². The van der Waals surface area contributed by atoms with Gasteiger partial charge in [-0.2, -0.15) is 0 Å². The van der Waals surface area contributed by atoms with Crippen LogP contribution in [0, 0.1) is 5.92 Å². The van der Waals surface area contributed by atoms with Gasteiger partial charge in [-0.05, 0) is 19.5 Å². The second-order valence-corrected chi connectivity index (χ2v) is 3.61. The molecule has 1 heterocycles. The zero-order valence-electron chi connectivity index (χ0n) is 8.38. The molecule has 0 aromatic carbocycles. The molecule has 0 spiro atoms. The van der Waals surface area contributed by atoms with Crippen LogP contribution in [0.3, 0.4) is 0 Å². The maximum Gasteiger partial charge on any atom is 0.305 e. The van der Waals surface area contributed by atoms with Gasteiger partial charge >= 0.3 is 5.97 Å². The van der Waals surface area contributed by atoms with Crippen LogP contribution < -0.4 is 5.32 Å². The summed E-state index contributed by atoms with van der Waals surface area (Å²) >= 11 is 0. The van der Waals surface area contributed by atoms with Gasteiger partial charge in [0.05, 0.1) is 13.5 Å². The van der Waals surface area contributed by atoms with Gasteiger partial charge in [0.15, 0.2) is 0 Å². The number of hydrogen-bond donors (Lipinski definition) is 1. The maximum absolute atomic E-state index is 11.0. The first-order chi connectivity index (χ1) is 6.22. The summed E-state index contributed by atoms with van der Waals surface area (Å²) < 4.78 is 4.64. The van der Waals surface area contributed by atoms with E-state index < -0.39 is 0 Å². The second-order valence-electron chi connectivity index (χ2n) is 3.61. The Labute approximate surface area is 79.2 Å². The van der Waals surface area contributed by atoms with Crippen molar-refractivity contribution in [3.8, 4) is 0 Å². The zero-order chi connectivity index (χ0) is 9.68. The Balaban J connectivity index is 2.34. The molecule has 1 N–H and O–H groups in total. The van der Waals surface area contributed by atoms with Crippen LogP contribution in [0.5, 0.6) is 0 Å². The van der Waals surface area contributed by atoms with Crippen molar-refractivity contribution in [2.45, 2.75) is 6.42 Å². The van der Waals surface area contributed by atoms with Gasteiger partial charge in [0, 0.05) is 19.6 Å². The molecule has 0 amide bonds. The molecule has 0 saturated carbocycles. The van der Waals surface area contributed by atoms with Crippen molar-refractivity contribution in [1.82, 2.24) is 10.2 Å². The number of nitrogens with zero attached hydrogens (tertiary/aromatic N) is 1. The first kappa shape index (κ1) is 10.5. The Bertz CT molecular complexity index is 173. The molecule has 0 aliphatic carbocycles. The Hall–Kier alpha value is -0.610. The van der Waals surface area contributed by atoms with Crippen LogP contribution in [-0.4, -0.2) is 51.2 Å². The van der Waals surface area contributed by atoms with E-state index in [0.717, 1.165) is 26.2 Å². The monoisotopic (exact) mass is 186 g/mol. The van der Waals surface area contributed by atoms with Crippen molar-refractivity contribution in [2.75, 3.05) is 40.3 Å². The largest absolute Gasteiger partial charge is 0.469 e. The van der Waals surface area contributed by atoms with Crippen LogP contribution >= 0.6 is 0 Å². The summed E-state index contributed by atoms with van der Waals surface area (Å²) in [5.74, 6) is 0.280. The minimum atomic E-state index is -0.109. The van der Waals surface area contributed by atoms with Crippen molar-refractivity contribution < 1.29 is 9.53 Å². The fourth-order valence-electron chi connectivity index (χ4n) is 1.63. The number of carbonyl (C=O) groups excluding carboxylic acids is 1. The summed E-state index contributed by atoms with van der Waals surface area (Å²) in [6.07, 6.45) is 0.522. The van der Waals surface area contributed by atoms with Crippen molar-refractivity contribution in [1.29, 1.82) is 0 Å². The lowest BCUT2D eigenvalue weighted by Gasteiger charge is -2.17. The van der Waals surface area contributed by atoms with E-state index in [-0.39, 0.29) is 5.97 Å². The lowest BCUT2D eigenvalue weighted by atomic mass is 10.1. The molecule has 1 rings (SSSR count). The van der Waals surface area contributed by atoms with Crippen LogP contribution in [-0.2, 0) is 9.53 Å². The molecule has 4 nitrogen and oxygen atoms in total. The van der Waals surface area contributed by atoms with Crippen LogP contribution in [0.25, 0.3) is 0 Å². The van der Waals surface area contributed by atoms with Gasteiger partial charge in [0.25, 0.3) is 0 Å². The summed E-state index contributed by atoms with van der Waals surface area (Å²) in [5.41, 5.74) is 0. The van der Waals surface area contributed by atoms with E-state index in [9.17, 15) is 4.79 Å². The van der Waals surface area contributed by atoms with Gasteiger partial charge in [-0.15, -0.1) is 0 Å². The Morgan fingerprint density at radius 2 is 2.46 bits per heavy atom. The number of esters is 1. The molecule has 0 aromatic heterocycles. The Kier molecular flexibility index (Phi) is 4.18. The number of rotatable bonds is 2.